The Hall–Kier alpha value is -0.380. The van der Waals surface area contributed by atoms with E-state index in [4.69, 9.17) is 23.2 Å². The Morgan fingerprint density at radius 3 is 2.78 bits per heavy atom. The van der Waals surface area contributed by atoms with E-state index in [2.05, 4.69) is 0 Å². The molecule has 1 aromatic rings. The zero-order valence-corrected chi connectivity index (χ0v) is 12.1. The molecule has 0 unspecified atom stereocenters. The summed E-state index contributed by atoms with van der Waals surface area (Å²) in [6.45, 7) is 0.823. The van der Waals surface area contributed by atoms with Gasteiger partial charge in [0.05, 0.1) is 0 Å². The van der Waals surface area contributed by atoms with Crippen LogP contribution in [-0.2, 0) is 4.79 Å². The molecule has 1 saturated heterocycles. The first-order valence-corrected chi connectivity index (χ1v) is 7.84. The van der Waals surface area contributed by atoms with Gasteiger partial charge in [-0.1, -0.05) is 29.3 Å². The summed E-state index contributed by atoms with van der Waals surface area (Å²) in [7, 11) is 0. The number of amides is 1. The number of halogens is 2. The standard InChI is InChI=1S/C13H13Cl2NOS/c14-9-3-4-10(11(15)7-9)13-16(5-6-18-13)12(17)8-1-2-8/h3-4,7-8,13H,1-2,5-6H2/t13-/m1/s1. The molecule has 0 N–H and O–H groups in total. The highest BCUT2D eigenvalue weighted by molar-refractivity contribution is 7.99. The molecule has 2 aliphatic rings. The first-order valence-electron chi connectivity index (χ1n) is 6.04. The Morgan fingerprint density at radius 1 is 1.33 bits per heavy atom. The van der Waals surface area contributed by atoms with Gasteiger partial charge < -0.3 is 4.90 Å². The molecule has 1 atom stereocenters. The van der Waals surface area contributed by atoms with Crippen LogP contribution >= 0.6 is 35.0 Å². The van der Waals surface area contributed by atoms with Gasteiger partial charge in [-0.25, -0.2) is 0 Å². The average molecular weight is 302 g/mol. The fraction of sp³-hybridized carbons (Fsp3) is 0.462. The SMILES string of the molecule is O=C(C1CC1)N1CCS[C@@H]1c1ccc(Cl)cc1Cl. The first-order chi connectivity index (χ1) is 8.66. The first kappa shape index (κ1) is 12.6. The number of thioether (sulfide) groups is 1. The molecule has 2 nitrogen and oxygen atoms in total. The lowest BCUT2D eigenvalue weighted by Gasteiger charge is -2.25. The fourth-order valence-electron chi connectivity index (χ4n) is 2.22. The molecule has 1 aliphatic carbocycles. The van der Waals surface area contributed by atoms with E-state index in [0.29, 0.717) is 10.0 Å². The minimum atomic E-state index is 0.0582. The zero-order valence-electron chi connectivity index (χ0n) is 9.73. The van der Waals surface area contributed by atoms with Crippen LogP contribution in [0.15, 0.2) is 18.2 Å². The third kappa shape index (κ3) is 2.36. The van der Waals surface area contributed by atoms with Crippen LogP contribution in [0, 0.1) is 5.92 Å². The largest absolute Gasteiger partial charge is 0.325 e. The lowest BCUT2D eigenvalue weighted by atomic mass is 10.2. The molecule has 1 aromatic carbocycles. The van der Waals surface area contributed by atoms with Crippen LogP contribution in [0.5, 0.6) is 0 Å². The van der Waals surface area contributed by atoms with Gasteiger partial charge in [0.1, 0.15) is 5.37 Å². The average Bonchev–Trinajstić information content (AvgIpc) is 3.07. The minimum absolute atomic E-state index is 0.0582. The third-order valence-corrected chi connectivity index (χ3v) is 5.13. The molecule has 1 amide bonds. The van der Waals surface area contributed by atoms with Gasteiger partial charge >= 0.3 is 0 Å². The Balaban J connectivity index is 1.87. The van der Waals surface area contributed by atoms with E-state index >= 15 is 0 Å². The number of hydrogen-bond acceptors (Lipinski definition) is 2. The molecule has 2 fully saturated rings. The van der Waals surface area contributed by atoms with Crippen molar-refractivity contribution < 1.29 is 4.79 Å². The van der Waals surface area contributed by atoms with Crippen LogP contribution in [0.3, 0.4) is 0 Å². The Kier molecular flexibility index (Phi) is 3.48. The van der Waals surface area contributed by atoms with Gasteiger partial charge in [0.15, 0.2) is 0 Å². The molecule has 5 heteroatoms. The maximum atomic E-state index is 12.2. The highest BCUT2D eigenvalue weighted by Crippen LogP contribution is 2.44. The summed E-state index contributed by atoms with van der Waals surface area (Å²) in [5.74, 6) is 1.52. The normalized spacial score (nSPS) is 23.4. The predicted molar refractivity (Wildman–Crippen MR) is 76.1 cm³/mol. The summed E-state index contributed by atoms with van der Waals surface area (Å²) < 4.78 is 0. The number of carbonyl (C=O) groups excluding carboxylic acids is 1. The van der Waals surface area contributed by atoms with Crippen LogP contribution in [-0.4, -0.2) is 23.1 Å². The van der Waals surface area contributed by atoms with Crippen molar-refractivity contribution in [2.24, 2.45) is 5.92 Å². The molecule has 96 valence electrons. The van der Waals surface area contributed by atoms with Gasteiger partial charge in [-0.2, -0.15) is 0 Å². The van der Waals surface area contributed by atoms with E-state index < -0.39 is 0 Å². The summed E-state index contributed by atoms with van der Waals surface area (Å²) >= 11 is 13.9. The van der Waals surface area contributed by atoms with E-state index in [1.54, 1.807) is 17.8 Å². The lowest BCUT2D eigenvalue weighted by molar-refractivity contribution is -0.132. The smallest absolute Gasteiger partial charge is 0.226 e. The van der Waals surface area contributed by atoms with Crippen LogP contribution in [0.2, 0.25) is 10.0 Å². The van der Waals surface area contributed by atoms with Gasteiger partial charge in [0.25, 0.3) is 0 Å². The second-order valence-electron chi connectivity index (χ2n) is 4.69. The van der Waals surface area contributed by atoms with Crippen LogP contribution < -0.4 is 0 Å². The summed E-state index contributed by atoms with van der Waals surface area (Å²) in [6.07, 6.45) is 2.09. The van der Waals surface area contributed by atoms with Crippen molar-refractivity contribution in [3.05, 3.63) is 33.8 Å². The highest BCUT2D eigenvalue weighted by Gasteiger charge is 2.39. The van der Waals surface area contributed by atoms with E-state index in [-0.39, 0.29) is 17.2 Å². The lowest BCUT2D eigenvalue weighted by Crippen LogP contribution is -2.31. The molecule has 0 bridgehead atoms. The Bertz CT molecular complexity index is 490. The van der Waals surface area contributed by atoms with Crippen LogP contribution in [0.1, 0.15) is 23.8 Å². The topological polar surface area (TPSA) is 20.3 Å². The van der Waals surface area contributed by atoms with Crippen molar-refractivity contribution in [3.8, 4) is 0 Å². The highest BCUT2D eigenvalue weighted by atomic mass is 35.5. The van der Waals surface area contributed by atoms with Crippen molar-refractivity contribution in [2.75, 3.05) is 12.3 Å². The fourth-order valence-corrected chi connectivity index (χ4v) is 4.10. The Morgan fingerprint density at radius 2 is 2.11 bits per heavy atom. The number of carbonyl (C=O) groups is 1. The summed E-state index contributed by atoms with van der Waals surface area (Å²) in [5.41, 5.74) is 0.998. The summed E-state index contributed by atoms with van der Waals surface area (Å²) in [5, 5.41) is 1.34. The van der Waals surface area contributed by atoms with Gasteiger partial charge in [-0.15, -0.1) is 11.8 Å². The van der Waals surface area contributed by atoms with Gasteiger partial charge in [0, 0.05) is 33.8 Å². The minimum Gasteiger partial charge on any atom is -0.325 e. The molecule has 18 heavy (non-hydrogen) atoms. The maximum absolute atomic E-state index is 12.2. The molecule has 0 aromatic heterocycles. The van der Waals surface area contributed by atoms with Crippen molar-refractivity contribution >= 4 is 40.9 Å². The van der Waals surface area contributed by atoms with E-state index in [9.17, 15) is 4.79 Å². The molecule has 0 radical (unpaired) electrons. The number of hydrogen-bond donors (Lipinski definition) is 0. The molecule has 0 spiro atoms. The Labute approximate surface area is 121 Å². The predicted octanol–water partition coefficient (Wildman–Crippen LogP) is 3.98. The van der Waals surface area contributed by atoms with Crippen molar-refractivity contribution in [3.63, 3.8) is 0 Å². The van der Waals surface area contributed by atoms with E-state index in [1.807, 2.05) is 17.0 Å². The molecule has 1 aliphatic heterocycles. The maximum Gasteiger partial charge on any atom is 0.226 e. The summed E-state index contributed by atoms with van der Waals surface area (Å²) in [6, 6.07) is 5.51. The van der Waals surface area contributed by atoms with Crippen LogP contribution in [0.4, 0.5) is 0 Å². The second kappa shape index (κ2) is 4.95. The van der Waals surface area contributed by atoms with Gasteiger partial charge in [-0.05, 0) is 25.0 Å². The van der Waals surface area contributed by atoms with Gasteiger partial charge in [0.2, 0.25) is 5.91 Å². The molecule has 1 heterocycles. The van der Waals surface area contributed by atoms with Gasteiger partial charge in [-0.3, -0.25) is 4.79 Å². The quantitative estimate of drug-likeness (QED) is 0.823. The van der Waals surface area contributed by atoms with Crippen LogP contribution in [0.25, 0.3) is 0 Å². The van der Waals surface area contributed by atoms with Crippen molar-refractivity contribution in [1.29, 1.82) is 0 Å². The second-order valence-corrected chi connectivity index (χ2v) is 6.73. The zero-order chi connectivity index (χ0) is 12.7. The number of rotatable bonds is 2. The number of nitrogens with zero attached hydrogens (tertiary/aromatic N) is 1. The van der Waals surface area contributed by atoms with Crippen molar-refractivity contribution in [1.82, 2.24) is 4.90 Å². The van der Waals surface area contributed by atoms with E-state index in [1.165, 1.54) is 0 Å². The van der Waals surface area contributed by atoms with Crippen molar-refractivity contribution in [2.45, 2.75) is 18.2 Å². The summed E-state index contributed by atoms with van der Waals surface area (Å²) in [4.78, 5) is 14.2. The van der Waals surface area contributed by atoms with E-state index in [0.717, 1.165) is 30.7 Å². The molecular formula is C13H13Cl2NOS. The molecular weight excluding hydrogens is 289 g/mol. The molecule has 1 saturated carbocycles. The monoisotopic (exact) mass is 301 g/mol. The molecule has 3 rings (SSSR count). The number of benzene rings is 1. The third-order valence-electron chi connectivity index (χ3n) is 3.33.